The maximum absolute atomic E-state index is 12.1. The van der Waals surface area contributed by atoms with Gasteiger partial charge in [-0.05, 0) is 30.5 Å². The zero-order chi connectivity index (χ0) is 15.2. The molecule has 0 aliphatic heterocycles. The lowest BCUT2D eigenvalue weighted by molar-refractivity contribution is -0.124. The molecule has 5 heteroatoms. The lowest BCUT2D eigenvalue weighted by atomic mass is 10.1. The maximum Gasteiger partial charge on any atom is 0.267 e. The Balaban J connectivity index is 2.34. The van der Waals surface area contributed by atoms with Crippen molar-refractivity contribution in [2.75, 3.05) is 4.90 Å². The van der Waals surface area contributed by atoms with Gasteiger partial charge < -0.3 is 4.90 Å². The molecular formula is C16H20N2O3. The van der Waals surface area contributed by atoms with Gasteiger partial charge in [0.25, 0.3) is 5.91 Å². The van der Waals surface area contributed by atoms with Crippen LogP contribution in [0.1, 0.15) is 38.2 Å². The molecule has 1 aliphatic carbocycles. The molecule has 5 nitrogen and oxygen atoms in total. The average Bonchev–Trinajstić information content (AvgIpc) is 2.99. The lowest BCUT2D eigenvalue weighted by Gasteiger charge is -2.29. The number of benzene rings is 1. The van der Waals surface area contributed by atoms with Crippen molar-refractivity contribution in [3.05, 3.63) is 35.9 Å². The van der Waals surface area contributed by atoms with E-state index in [9.17, 15) is 9.59 Å². The molecule has 0 spiro atoms. The zero-order valence-corrected chi connectivity index (χ0v) is 12.1. The smallest absolute Gasteiger partial charge is 0.267 e. The Labute approximate surface area is 124 Å². The number of carbonyl (C=O) groups is 2. The topological polar surface area (TPSA) is 69.6 Å². The summed E-state index contributed by atoms with van der Waals surface area (Å²) in [6.07, 6.45) is 7.14. The minimum absolute atomic E-state index is 0.00867. The largest absolute Gasteiger partial charge is 0.309 e. The fraction of sp³-hybridized carbons (Fsp3) is 0.375. The van der Waals surface area contributed by atoms with Crippen molar-refractivity contribution < 1.29 is 14.8 Å². The number of para-hydroxylation sites is 1. The number of rotatable bonds is 4. The van der Waals surface area contributed by atoms with Crippen LogP contribution in [0.5, 0.6) is 0 Å². The molecule has 2 rings (SSSR count). The first kappa shape index (κ1) is 15.3. The minimum atomic E-state index is -0.597. The SMILES string of the molecule is CC(=O)N(c1ccccc1/C=C/C(=O)NO)C1CCCC1. The highest BCUT2D eigenvalue weighted by Gasteiger charge is 2.26. The molecule has 0 bridgehead atoms. The molecule has 0 atom stereocenters. The van der Waals surface area contributed by atoms with E-state index in [1.165, 1.54) is 6.08 Å². The molecule has 2 N–H and O–H groups in total. The Bertz CT molecular complexity index is 548. The first-order valence-corrected chi connectivity index (χ1v) is 7.14. The van der Waals surface area contributed by atoms with E-state index in [4.69, 9.17) is 5.21 Å². The molecule has 0 aromatic heterocycles. The predicted octanol–water partition coefficient (Wildman–Crippen LogP) is 2.50. The Morgan fingerprint density at radius 3 is 2.57 bits per heavy atom. The highest BCUT2D eigenvalue weighted by Crippen LogP contribution is 2.31. The zero-order valence-electron chi connectivity index (χ0n) is 12.1. The third-order valence-corrected chi connectivity index (χ3v) is 3.75. The van der Waals surface area contributed by atoms with Crippen LogP contribution in [0.25, 0.3) is 6.08 Å². The van der Waals surface area contributed by atoms with E-state index in [0.717, 1.165) is 36.9 Å². The molecule has 1 saturated carbocycles. The number of anilines is 1. The molecule has 2 amide bonds. The molecule has 0 heterocycles. The van der Waals surface area contributed by atoms with Crippen molar-refractivity contribution in [1.82, 2.24) is 5.48 Å². The van der Waals surface area contributed by atoms with Crippen LogP contribution in [0, 0.1) is 0 Å². The second-order valence-electron chi connectivity index (χ2n) is 5.20. The van der Waals surface area contributed by atoms with E-state index in [2.05, 4.69) is 0 Å². The van der Waals surface area contributed by atoms with Crippen LogP contribution in [0.2, 0.25) is 0 Å². The molecule has 1 aliphatic rings. The number of nitrogens with one attached hydrogen (secondary N) is 1. The van der Waals surface area contributed by atoms with Crippen LogP contribution in [-0.4, -0.2) is 23.1 Å². The normalized spacial score (nSPS) is 15.3. The van der Waals surface area contributed by atoms with Crippen LogP contribution in [0.4, 0.5) is 5.69 Å². The maximum atomic E-state index is 12.1. The summed E-state index contributed by atoms with van der Waals surface area (Å²) in [5.74, 6) is -0.589. The third kappa shape index (κ3) is 3.70. The molecule has 1 fully saturated rings. The van der Waals surface area contributed by atoms with Gasteiger partial charge in [0.15, 0.2) is 0 Å². The number of amides is 2. The number of hydroxylamine groups is 1. The van der Waals surface area contributed by atoms with Crippen LogP contribution < -0.4 is 10.4 Å². The molecule has 0 radical (unpaired) electrons. The molecule has 0 unspecified atom stereocenters. The van der Waals surface area contributed by atoms with Crippen LogP contribution in [0.3, 0.4) is 0 Å². The van der Waals surface area contributed by atoms with Gasteiger partial charge in [0.1, 0.15) is 0 Å². The summed E-state index contributed by atoms with van der Waals surface area (Å²) < 4.78 is 0. The van der Waals surface area contributed by atoms with Crippen molar-refractivity contribution in [2.24, 2.45) is 0 Å². The summed E-state index contributed by atoms with van der Waals surface area (Å²) in [5.41, 5.74) is 3.14. The van der Waals surface area contributed by atoms with Gasteiger partial charge in [0, 0.05) is 19.0 Å². The van der Waals surface area contributed by atoms with Gasteiger partial charge in [-0.3, -0.25) is 14.8 Å². The standard InChI is InChI=1S/C16H20N2O3/c1-12(19)18(14-7-3-4-8-14)15-9-5-2-6-13(15)10-11-16(20)17-21/h2,5-6,9-11,14,21H,3-4,7-8H2,1H3,(H,17,20)/b11-10+. The number of nitrogens with zero attached hydrogens (tertiary/aromatic N) is 1. The lowest BCUT2D eigenvalue weighted by Crippen LogP contribution is -2.37. The second-order valence-corrected chi connectivity index (χ2v) is 5.20. The minimum Gasteiger partial charge on any atom is -0.309 e. The van der Waals surface area contributed by atoms with Gasteiger partial charge in [0.05, 0.1) is 5.69 Å². The molecule has 21 heavy (non-hydrogen) atoms. The van der Waals surface area contributed by atoms with E-state index in [1.54, 1.807) is 18.5 Å². The monoisotopic (exact) mass is 288 g/mol. The van der Waals surface area contributed by atoms with Gasteiger partial charge >= 0.3 is 0 Å². The Morgan fingerprint density at radius 2 is 1.95 bits per heavy atom. The fourth-order valence-corrected chi connectivity index (χ4v) is 2.84. The van der Waals surface area contributed by atoms with Crippen molar-refractivity contribution in [2.45, 2.75) is 38.6 Å². The first-order chi connectivity index (χ1) is 10.1. The fourth-order valence-electron chi connectivity index (χ4n) is 2.84. The van der Waals surface area contributed by atoms with Gasteiger partial charge in [-0.1, -0.05) is 31.0 Å². The summed E-state index contributed by atoms with van der Waals surface area (Å²) in [5, 5.41) is 8.54. The quantitative estimate of drug-likeness (QED) is 0.508. The van der Waals surface area contributed by atoms with Crippen molar-refractivity contribution in [1.29, 1.82) is 0 Å². The van der Waals surface area contributed by atoms with Crippen LogP contribution in [-0.2, 0) is 9.59 Å². The van der Waals surface area contributed by atoms with Crippen molar-refractivity contribution >= 4 is 23.6 Å². The average molecular weight is 288 g/mol. The Kier molecular flexibility index (Phi) is 5.11. The highest BCUT2D eigenvalue weighted by atomic mass is 16.5. The third-order valence-electron chi connectivity index (χ3n) is 3.75. The van der Waals surface area contributed by atoms with Crippen molar-refractivity contribution in [3.63, 3.8) is 0 Å². The summed E-state index contributed by atoms with van der Waals surface area (Å²) in [6.45, 7) is 1.57. The Hall–Kier alpha value is -2.14. The van der Waals surface area contributed by atoms with E-state index in [1.807, 2.05) is 29.2 Å². The van der Waals surface area contributed by atoms with E-state index in [-0.39, 0.29) is 11.9 Å². The summed E-state index contributed by atoms with van der Waals surface area (Å²) in [7, 11) is 0. The molecule has 1 aromatic rings. The second kappa shape index (κ2) is 7.04. The van der Waals surface area contributed by atoms with Gasteiger partial charge in [-0.15, -0.1) is 0 Å². The molecule has 1 aromatic carbocycles. The summed E-state index contributed by atoms with van der Waals surface area (Å²) in [4.78, 5) is 25.0. The van der Waals surface area contributed by atoms with Crippen molar-refractivity contribution in [3.8, 4) is 0 Å². The number of hydrogen-bond donors (Lipinski definition) is 2. The molecule has 0 saturated heterocycles. The summed E-state index contributed by atoms with van der Waals surface area (Å²) in [6, 6.07) is 7.69. The predicted molar refractivity (Wildman–Crippen MR) is 80.8 cm³/mol. The van der Waals surface area contributed by atoms with Gasteiger partial charge in [-0.2, -0.15) is 0 Å². The number of carbonyl (C=O) groups excluding carboxylic acids is 2. The number of hydrogen-bond acceptors (Lipinski definition) is 3. The molecular weight excluding hydrogens is 268 g/mol. The highest BCUT2D eigenvalue weighted by molar-refractivity contribution is 5.96. The van der Waals surface area contributed by atoms with Crippen LogP contribution >= 0.6 is 0 Å². The van der Waals surface area contributed by atoms with Gasteiger partial charge in [-0.25, -0.2) is 5.48 Å². The van der Waals surface area contributed by atoms with Crippen LogP contribution in [0.15, 0.2) is 30.3 Å². The van der Waals surface area contributed by atoms with Gasteiger partial charge in [0.2, 0.25) is 5.91 Å². The Morgan fingerprint density at radius 1 is 1.29 bits per heavy atom. The molecule has 112 valence electrons. The van der Waals surface area contributed by atoms with E-state index < -0.39 is 5.91 Å². The summed E-state index contributed by atoms with van der Waals surface area (Å²) >= 11 is 0. The first-order valence-electron chi connectivity index (χ1n) is 7.14. The van der Waals surface area contributed by atoms with E-state index >= 15 is 0 Å². The van der Waals surface area contributed by atoms with E-state index in [0.29, 0.717) is 0 Å².